The summed E-state index contributed by atoms with van der Waals surface area (Å²) in [7, 11) is 0. The molecule has 0 spiro atoms. The number of hydrogen-bond acceptors (Lipinski definition) is 2. The van der Waals surface area contributed by atoms with Crippen molar-refractivity contribution < 1.29 is 23.1 Å². The zero-order chi connectivity index (χ0) is 14.0. The predicted octanol–water partition coefficient (Wildman–Crippen LogP) is 3.02. The van der Waals surface area contributed by atoms with Gasteiger partial charge in [-0.15, -0.1) is 0 Å². The Morgan fingerprint density at radius 3 is 2.21 bits per heavy atom. The number of ketones is 1. The summed E-state index contributed by atoms with van der Waals surface area (Å²) >= 11 is 0. The van der Waals surface area contributed by atoms with E-state index in [0.717, 1.165) is 6.07 Å². The summed E-state index contributed by atoms with van der Waals surface area (Å²) in [5.74, 6) is -5.74. The SMILES string of the molecule is O=C(c1ccc(F)c(F)c1F)C(O)c1ccccc1. The van der Waals surface area contributed by atoms with Crippen LogP contribution in [0, 0.1) is 17.5 Å². The molecule has 0 radical (unpaired) electrons. The molecule has 0 aliphatic heterocycles. The topological polar surface area (TPSA) is 37.3 Å². The van der Waals surface area contributed by atoms with Crippen LogP contribution >= 0.6 is 0 Å². The molecule has 0 saturated heterocycles. The molecule has 2 aromatic rings. The fraction of sp³-hybridized carbons (Fsp3) is 0.0714. The maximum absolute atomic E-state index is 13.4. The number of Topliss-reactive ketones (excluding diaryl/α,β-unsaturated/α-hetero) is 1. The van der Waals surface area contributed by atoms with E-state index in [0.29, 0.717) is 6.07 Å². The first-order valence-corrected chi connectivity index (χ1v) is 5.43. The quantitative estimate of drug-likeness (QED) is 0.685. The molecule has 0 aromatic heterocycles. The third kappa shape index (κ3) is 2.51. The van der Waals surface area contributed by atoms with Crippen LogP contribution in [0.5, 0.6) is 0 Å². The van der Waals surface area contributed by atoms with E-state index in [2.05, 4.69) is 0 Å². The summed E-state index contributed by atoms with van der Waals surface area (Å²) in [6.45, 7) is 0. The summed E-state index contributed by atoms with van der Waals surface area (Å²) in [5, 5.41) is 9.79. The molecule has 1 atom stereocenters. The van der Waals surface area contributed by atoms with Crippen molar-refractivity contribution in [2.45, 2.75) is 6.10 Å². The third-order valence-corrected chi connectivity index (χ3v) is 2.66. The van der Waals surface area contributed by atoms with Gasteiger partial charge in [0.1, 0.15) is 6.10 Å². The highest BCUT2D eigenvalue weighted by molar-refractivity contribution is 6.00. The third-order valence-electron chi connectivity index (χ3n) is 2.66. The number of aliphatic hydroxyl groups excluding tert-OH is 1. The molecule has 0 aliphatic carbocycles. The highest BCUT2D eigenvalue weighted by Gasteiger charge is 2.25. The van der Waals surface area contributed by atoms with Gasteiger partial charge < -0.3 is 5.11 Å². The maximum Gasteiger partial charge on any atom is 0.198 e. The van der Waals surface area contributed by atoms with Gasteiger partial charge in [-0.3, -0.25) is 4.79 Å². The Kier molecular flexibility index (Phi) is 3.66. The van der Waals surface area contributed by atoms with Crippen LogP contribution in [-0.2, 0) is 0 Å². The molecule has 0 saturated carbocycles. The monoisotopic (exact) mass is 266 g/mol. The summed E-state index contributed by atoms with van der Waals surface area (Å²) in [5.41, 5.74) is -0.438. The van der Waals surface area contributed by atoms with Gasteiger partial charge in [0.15, 0.2) is 23.2 Å². The maximum atomic E-state index is 13.4. The number of carbonyl (C=O) groups is 1. The second kappa shape index (κ2) is 5.24. The van der Waals surface area contributed by atoms with Crippen molar-refractivity contribution in [3.05, 3.63) is 71.0 Å². The van der Waals surface area contributed by atoms with Crippen LogP contribution in [0.2, 0.25) is 0 Å². The molecule has 0 bridgehead atoms. The minimum atomic E-state index is -1.73. The fourth-order valence-corrected chi connectivity index (χ4v) is 1.65. The second-order valence-electron chi connectivity index (χ2n) is 3.90. The summed E-state index contributed by atoms with van der Waals surface area (Å²) in [6, 6.07) is 9.26. The van der Waals surface area contributed by atoms with Crippen molar-refractivity contribution in [1.82, 2.24) is 0 Å². The molecule has 5 heteroatoms. The lowest BCUT2D eigenvalue weighted by molar-refractivity contribution is 0.0741. The molecule has 1 N–H and O–H groups in total. The van der Waals surface area contributed by atoms with Crippen LogP contribution in [0.3, 0.4) is 0 Å². The smallest absolute Gasteiger partial charge is 0.198 e. The van der Waals surface area contributed by atoms with Gasteiger partial charge in [0.25, 0.3) is 0 Å². The molecule has 1 unspecified atom stereocenters. The molecule has 0 heterocycles. The van der Waals surface area contributed by atoms with Gasteiger partial charge in [-0.2, -0.15) is 0 Å². The Hall–Kier alpha value is -2.14. The molecule has 19 heavy (non-hydrogen) atoms. The fourth-order valence-electron chi connectivity index (χ4n) is 1.65. The summed E-state index contributed by atoms with van der Waals surface area (Å²) < 4.78 is 39.2. The van der Waals surface area contributed by atoms with E-state index in [9.17, 15) is 23.1 Å². The number of rotatable bonds is 3. The zero-order valence-electron chi connectivity index (χ0n) is 9.61. The van der Waals surface area contributed by atoms with Crippen molar-refractivity contribution in [2.24, 2.45) is 0 Å². The van der Waals surface area contributed by atoms with Gasteiger partial charge in [-0.25, -0.2) is 13.2 Å². The Morgan fingerprint density at radius 1 is 0.947 bits per heavy atom. The van der Waals surface area contributed by atoms with E-state index < -0.39 is 34.9 Å². The minimum absolute atomic E-state index is 0.247. The van der Waals surface area contributed by atoms with Crippen molar-refractivity contribution in [1.29, 1.82) is 0 Å². The van der Waals surface area contributed by atoms with Crippen molar-refractivity contribution in [2.75, 3.05) is 0 Å². The standard InChI is InChI=1S/C14H9F3O2/c15-10-7-6-9(11(16)12(10)17)14(19)13(18)8-4-2-1-3-5-8/h1-7,13,18H. The van der Waals surface area contributed by atoms with Gasteiger partial charge in [-0.05, 0) is 17.7 Å². The minimum Gasteiger partial charge on any atom is -0.380 e. The molecule has 2 aromatic carbocycles. The number of halogens is 3. The average molecular weight is 266 g/mol. The second-order valence-corrected chi connectivity index (χ2v) is 3.90. The first-order chi connectivity index (χ1) is 9.02. The van der Waals surface area contributed by atoms with Gasteiger partial charge >= 0.3 is 0 Å². The Morgan fingerprint density at radius 2 is 1.58 bits per heavy atom. The van der Waals surface area contributed by atoms with E-state index in [-0.39, 0.29) is 5.56 Å². The van der Waals surface area contributed by atoms with E-state index in [1.807, 2.05) is 0 Å². The molecular formula is C14H9F3O2. The van der Waals surface area contributed by atoms with Crippen LogP contribution in [0.1, 0.15) is 22.0 Å². The molecule has 0 fully saturated rings. The van der Waals surface area contributed by atoms with E-state index in [4.69, 9.17) is 0 Å². The van der Waals surface area contributed by atoms with Gasteiger partial charge in [0.2, 0.25) is 0 Å². The lowest BCUT2D eigenvalue weighted by Crippen LogP contribution is -2.15. The molecule has 2 nitrogen and oxygen atoms in total. The lowest BCUT2D eigenvalue weighted by atomic mass is 9.99. The Bertz CT molecular complexity index is 612. The highest BCUT2D eigenvalue weighted by Crippen LogP contribution is 2.22. The normalized spacial score (nSPS) is 12.2. The van der Waals surface area contributed by atoms with Crippen molar-refractivity contribution >= 4 is 5.78 Å². The van der Waals surface area contributed by atoms with Gasteiger partial charge in [0.05, 0.1) is 5.56 Å². The van der Waals surface area contributed by atoms with Crippen LogP contribution in [0.4, 0.5) is 13.2 Å². The van der Waals surface area contributed by atoms with Crippen LogP contribution in [0.25, 0.3) is 0 Å². The number of aliphatic hydroxyl groups is 1. The first-order valence-electron chi connectivity index (χ1n) is 5.43. The molecule has 98 valence electrons. The van der Waals surface area contributed by atoms with Crippen molar-refractivity contribution in [3.63, 3.8) is 0 Å². The zero-order valence-corrected chi connectivity index (χ0v) is 9.61. The number of carbonyl (C=O) groups excluding carboxylic acids is 1. The Labute approximate surface area is 107 Å². The number of hydrogen-bond donors (Lipinski definition) is 1. The Balaban J connectivity index is 2.38. The van der Waals surface area contributed by atoms with Crippen LogP contribution in [0.15, 0.2) is 42.5 Å². The van der Waals surface area contributed by atoms with E-state index in [1.54, 1.807) is 18.2 Å². The number of benzene rings is 2. The van der Waals surface area contributed by atoms with Crippen LogP contribution in [-0.4, -0.2) is 10.9 Å². The molecular weight excluding hydrogens is 257 g/mol. The average Bonchev–Trinajstić information content (AvgIpc) is 2.44. The van der Waals surface area contributed by atoms with Crippen LogP contribution < -0.4 is 0 Å². The van der Waals surface area contributed by atoms with E-state index in [1.165, 1.54) is 12.1 Å². The highest BCUT2D eigenvalue weighted by atomic mass is 19.2. The first kappa shape index (κ1) is 13.3. The molecule has 2 rings (SSSR count). The van der Waals surface area contributed by atoms with Crippen molar-refractivity contribution in [3.8, 4) is 0 Å². The summed E-state index contributed by atoms with van der Waals surface area (Å²) in [6.07, 6.45) is -1.62. The lowest BCUT2D eigenvalue weighted by Gasteiger charge is -2.10. The van der Waals surface area contributed by atoms with E-state index >= 15 is 0 Å². The van der Waals surface area contributed by atoms with Gasteiger partial charge in [0, 0.05) is 0 Å². The molecule has 0 aliphatic rings. The largest absolute Gasteiger partial charge is 0.380 e. The van der Waals surface area contributed by atoms with Gasteiger partial charge in [-0.1, -0.05) is 30.3 Å². The molecule has 0 amide bonds. The predicted molar refractivity (Wildman–Crippen MR) is 62.0 cm³/mol. The summed E-state index contributed by atoms with van der Waals surface area (Å²) in [4.78, 5) is 11.9.